The van der Waals surface area contributed by atoms with Gasteiger partial charge in [0, 0.05) is 17.4 Å². The Kier molecular flexibility index (Phi) is 5.22. The van der Waals surface area contributed by atoms with Crippen molar-refractivity contribution in [1.82, 2.24) is 0 Å². The first-order chi connectivity index (χ1) is 12.5. The number of para-hydroxylation sites is 1. The predicted octanol–water partition coefficient (Wildman–Crippen LogP) is 0.721. The van der Waals surface area contributed by atoms with Crippen molar-refractivity contribution in [3.63, 3.8) is 0 Å². The predicted molar refractivity (Wildman–Crippen MR) is 92.1 cm³/mol. The molecule has 0 bridgehead atoms. The van der Waals surface area contributed by atoms with Gasteiger partial charge in [-0.3, -0.25) is 10.1 Å². The Balaban J connectivity index is 1.69. The van der Waals surface area contributed by atoms with Crippen LogP contribution in [0, 0.1) is 15.9 Å². The molecule has 1 saturated heterocycles. The van der Waals surface area contributed by atoms with Crippen LogP contribution >= 0.6 is 0 Å². The van der Waals surface area contributed by atoms with Gasteiger partial charge < -0.3 is 19.6 Å². The number of halogens is 1. The number of methoxy groups -OCH3 is 1. The molecule has 1 aliphatic heterocycles. The summed E-state index contributed by atoms with van der Waals surface area (Å²) in [4.78, 5) is 13.6. The number of piperazine rings is 1. The summed E-state index contributed by atoms with van der Waals surface area (Å²) >= 11 is 0. The van der Waals surface area contributed by atoms with E-state index >= 15 is 0 Å². The number of anilines is 1. The minimum atomic E-state index is -0.708. The molecular formula is C18H20FN3O4. The Morgan fingerprint density at radius 2 is 1.96 bits per heavy atom. The highest BCUT2D eigenvalue weighted by Crippen LogP contribution is 2.34. The van der Waals surface area contributed by atoms with Crippen LogP contribution in [0.5, 0.6) is 11.5 Å². The van der Waals surface area contributed by atoms with Gasteiger partial charge in [-0.15, -0.1) is 0 Å². The molecule has 0 amide bonds. The smallest absolute Gasteiger partial charge is 0.265 e. The van der Waals surface area contributed by atoms with Crippen molar-refractivity contribution in [2.45, 2.75) is 6.54 Å². The molecule has 0 radical (unpaired) electrons. The van der Waals surface area contributed by atoms with E-state index in [0.29, 0.717) is 30.9 Å². The molecule has 2 aromatic carbocycles. The van der Waals surface area contributed by atoms with Crippen molar-refractivity contribution >= 4 is 11.4 Å². The molecule has 0 saturated carbocycles. The lowest BCUT2D eigenvalue weighted by molar-refractivity contribution is -0.914. The Hall–Kier alpha value is -2.87. The zero-order valence-electron chi connectivity index (χ0n) is 14.4. The number of nitro benzene ring substituents is 1. The first-order valence-electron chi connectivity index (χ1n) is 8.35. The van der Waals surface area contributed by atoms with Gasteiger partial charge in [-0.05, 0) is 18.2 Å². The second kappa shape index (κ2) is 7.57. The van der Waals surface area contributed by atoms with E-state index in [1.54, 1.807) is 18.2 Å². The normalized spacial score (nSPS) is 15.1. The van der Waals surface area contributed by atoms with Crippen molar-refractivity contribution < 1.29 is 24.1 Å². The summed E-state index contributed by atoms with van der Waals surface area (Å²) < 4.78 is 18.9. The Bertz CT molecular complexity index is 807. The maximum absolute atomic E-state index is 13.9. The zero-order chi connectivity index (χ0) is 18.7. The number of quaternary nitrogens is 1. The standard InChI is InChI=1S/C18H20FN3O4/c1-26-17-11-13(10-16(18(17)23)22(24)25)12-20-6-8-21(9-7-20)15-5-3-2-4-14(15)19/h2-5,10-11,23H,6-9,12H2,1H3. The maximum atomic E-state index is 13.9. The molecule has 8 heteroatoms. The molecule has 1 heterocycles. The molecule has 0 aliphatic carbocycles. The highest BCUT2D eigenvalue weighted by atomic mass is 19.1. The van der Waals surface area contributed by atoms with Gasteiger partial charge in [0.2, 0.25) is 0 Å². The SMILES string of the molecule is COc1cc(C[NH+]2CCN(c3ccccc3F)CC2)cc([N+](=O)[O-])c1[O-]. The lowest BCUT2D eigenvalue weighted by Crippen LogP contribution is -3.13. The van der Waals surface area contributed by atoms with E-state index in [4.69, 9.17) is 4.74 Å². The molecule has 1 N–H and O–H groups in total. The maximum Gasteiger partial charge on any atom is 0.265 e. The van der Waals surface area contributed by atoms with E-state index in [-0.39, 0.29) is 11.6 Å². The van der Waals surface area contributed by atoms with E-state index in [0.717, 1.165) is 13.1 Å². The van der Waals surface area contributed by atoms with Gasteiger partial charge in [-0.2, -0.15) is 0 Å². The number of ether oxygens (including phenoxy) is 1. The lowest BCUT2D eigenvalue weighted by atomic mass is 10.1. The van der Waals surface area contributed by atoms with Crippen LogP contribution in [-0.4, -0.2) is 38.2 Å². The quantitative estimate of drug-likeness (QED) is 0.627. The molecule has 0 aromatic heterocycles. The minimum Gasteiger partial charge on any atom is -0.865 e. The van der Waals surface area contributed by atoms with Crippen LogP contribution in [0.2, 0.25) is 0 Å². The topological polar surface area (TPSA) is 83.1 Å². The molecule has 1 fully saturated rings. The molecular weight excluding hydrogens is 341 g/mol. The summed E-state index contributed by atoms with van der Waals surface area (Å²) in [6.45, 7) is 3.46. The molecule has 1 aliphatic rings. The molecule has 2 aromatic rings. The summed E-state index contributed by atoms with van der Waals surface area (Å²) in [6, 6.07) is 9.58. The van der Waals surface area contributed by atoms with Crippen molar-refractivity contribution in [1.29, 1.82) is 0 Å². The van der Waals surface area contributed by atoms with E-state index < -0.39 is 16.4 Å². The van der Waals surface area contributed by atoms with Crippen LogP contribution in [0.15, 0.2) is 36.4 Å². The largest absolute Gasteiger partial charge is 0.865 e. The van der Waals surface area contributed by atoms with Crippen LogP contribution in [0.4, 0.5) is 15.8 Å². The Morgan fingerprint density at radius 1 is 1.27 bits per heavy atom. The van der Waals surface area contributed by atoms with Crippen molar-refractivity contribution in [3.8, 4) is 11.5 Å². The fourth-order valence-electron chi connectivity index (χ4n) is 3.27. The van der Waals surface area contributed by atoms with Gasteiger partial charge in [0.05, 0.1) is 43.9 Å². The van der Waals surface area contributed by atoms with Crippen molar-refractivity contribution in [2.24, 2.45) is 0 Å². The summed E-state index contributed by atoms with van der Waals surface area (Å²) in [6.07, 6.45) is 0. The summed E-state index contributed by atoms with van der Waals surface area (Å²) in [5, 5.41) is 23.0. The number of benzene rings is 2. The number of hydrogen-bond donors (Lipinski definition) is 1. The molecule has 0 spiro atoms. The number of nitrogens with zero attached hydrogens (tertiary/aromatic N) is 2. The molecule has 0 atom stereocenters. The van der Waals surface area contributed by atoms with Crippen molar-refractivity contribution in [2.75, 3.05) is 38.2 Å². The molecule has 138 valence electrons. The van der Waals surface area contributed by atoms with E-state index in [1.165, 1.54) is 24.1 Å². The third-order valence-corrected chi connectivity index (χ3v) is 4.63. The molecule has 26 heavy (non-hydrogen) atoms. The molecule has 3 rings (SSSR count). The third kappa shape index (κ3) is 3.70. The number of nitrogens with one attached hydrogen (secondary N) is 1. The Morgan fingerprint density at radius 3 is 2.58 bits per heavy atom. The second-order valence-electron chi connectivity index (χ2n) is 6.27. The lowest BCUT2D eigenvalue weighted by Gasteiger charge is -2.34. The average molecular weight is 361 g/mol. The molecule has 0 unspecified atom stereocenters. The van der Waals surface area contributed by atoms with Gasteiger partial charge in [-0.1, -0.05) is 12.1 Å². The summed E-state index contributed by atoms with van der Waals surface area (Å²) in [7, 11) is 1.32. The number of hydrogen-bond acceptors (Lipinski definition) is 5. The monoisotopic (exact) mass is 361 g/mol. The van der Waals surface area contributed by atoms with Gasteiger partial charge >= 0.3 is 0 Å². The van der Waals surface area contributed by atoms with E-state index in [1.807, 2.05) is 11.0 Å². The highest BCUT2D eigenvalue weighted by Gasteiger charge is 2.23. The van der Waals surface area contributed by atoms with Gasteiger partial charge in [-0.25, -0.2) is 4.39 Å². The first-order valence-corrected chi connectivity index (χ1v) is 8.35. The fourth-order valence-corrected chi connectivity index (χ4v) is 3.27. The first kappa shape index (κ1) is 17.9. The average Bonchev–Trinajstić information content (AvgIpc) is 2.64. The summed E-state index contributed by atoms with van der Waals surface area (Å²) in [5.41, 5.74) is 0.811. The highest BCUT2D eigenvalue weighted by molar-refractivity contribution is 5.56. The van der Waals surface area contributed by atoms with Gasteiger partial charge in [0.1, 0.15) is 18.1 Å². The van der Waals surface area contributed by atoms with Gasteiger partial charge in [0.15, 0.2) is 0 Å². The van der Waals surface area contributed by atoms with Crippen molar-refractivity contribution in [3.05, 3.63) is 57.9 Å². The van der Waals surface area contributed by atoms with E-state index in [9.17, 15) is 19.6 Å². The molecule has 7 nitrogen and oxygen atoms in total. The van der Waals surface area contributed by atoms with Crippen LogP contribution in [0.1, 0.15) is 5.56 Å². The third-order valence-electron chi connectivity index (χ3n) is 4.63. The fraction of sp³-hybridized carbons (Fsp3) is 0.333. The van der Waals surface area contributed by atoms with Crippen LogP contribution < -0.4 is 19.6 Å². The van der Waals surface area contributed by atoms with Crippen LogP contribution in [-0.2, 0) is 6.54 Å². The minimum absolute atomic E-state index is 0.0152. The summed E-state index contributed by atoms with van der Waals surface area (Å²) in [5.74, 6) is -0.957. The number of rotatable bonds is 5. The van der Waals surface area contributed by atoms with Gasteiger partial charge in [0.25, 0.3) is 5.69 Å². The van der Waals surface area contributed by atoms with Crippen LogP contribution in [0.3, 0.4) is 0 Å². The van der Waals surface area contributed by atoms with E-state index in [2.05, 4.69) is 0 Å². The second-order valence-corrected chi connectivity index (χ2v) is 6.27. The zero-order valence-corrected chi connectivity index (χ0v) is 14.4. The van der Waals surface area contributed by atoms with Crippen LogP contribution in [0.25, 0.3) is 0 Å². The number of nitro groups is 1. The Labute approximate surface area is 150 Å².